The minimum atomic E-state index is -3.57. The fourth-order valence-corrected chi connectivity index (χ4v) is 4.76. The number of hydrogen-bond acceptors (Lipinski definition) is 7. The smallest absolute Gasteiger partial charge is 0.244 e. The zero-order valence-electron chi connectivity index (χ0n) is 13.6. The van der Waals surface area contributed by atoms with E-state index in [1.807, 2.05) is 0 Å². The van der Waals surface area contributed by atoms with Crippen molar-refractivity contribution in [1.29, 1.82) is 0 Å². The molecule has 2 rings (SSSR count). The number of anilines is 1. The molecule has 1 amide bonds. The quantitative estimate of drug-likeness (QED) is 0.834. The zero-order chi connectivity index (χ0) is 18.3. The topological polar surface area (TPSA) is 110 Å². The lowest BCUT2D eigenvalue weighted by molar-refractivity contribution is -0.115. The van der Waals surface area contributed by atoms with E-state index in [1.54, 1.807) is 6.07 Å². The Kier molecular flexibility index (Phi) is 5.03. The van der Waals surface area contributed by atoms with Crippen molar-refractivity contribution in [2.24, 2.45) is 0 Å². The molecule has 0 spiro atoms. The SMILES string of the molecule is CC(C)S(=O)(=O)C(C)C(=O)Nc1nc2ccc(S(C)(=O)=O)cc2s1. The number of nitrogens with zero attached hydrogens (tertiary/aromatic N) is 1. The number of carbonyl (C=O) groups excluding carboxylic acids is 1. The summed E-state index contributed by atoms with van der Waals surface area (Å²) in [5.41, 5.74) is 0.530. The second-order valence-electron chi connectivity index (χ2n) is 5.69. The fourth-order valence-electron chi connectivity index (χ4n) is 1.95. The van der Waals surface area contributed by atoms with E-state index >= 15 is 0 Å². The van der Waals surface area contributed by atoms with E-state index in [0.717, 1.165) is 17.6 Å². The molecule has 0 bridgehead atoms. The van der Waals surface area contributed by atoms with Gasteiger partial charge in [0.25, 0.3) is 0 Å². The molecule has 24 heavy (non-hydrogen) atoms. The number of rotatable bonds is 5. The van der Waals surface area contributed by atoms with Crippen LogP contribution >= 0.6 is 11.3 Å². The molecule has 0 aliphatic heterocycles. The van der Waals surface area contributed by atoms with E-state index in [4.69, 9.17) is 0 Å². The number of amides is 1. The van der Waals surface area contributed by atoms with Gasteiger partial charge in [0.2, 0.25) is 5.91 Å². The maximum atomic E-state index is 12.1. The molecule has 1 unspecified atom stereocenters. The lowest BCUT2D eigenvalue weighted by Gasteiger charge is -2.14. The van der Waals surface area contributed by atoms with Gasteiger partial charge in [0, 0.05) is 6.26 Å². The second-order valence-corrected chi connectivity index (χ2v) is 11.6. The fraction of sp³-hybridized carbons (Fsp3) is 0.429. The van der Waals surface area contributed by atoms with Gasteiger partial charge in [-0.2, -0.15) is 0 Å². The molecule has 7 nitrogen and oxygen atoms in total. The van der Waals surface area contributed by atoms with E-state index in [-0.39, 0.29) is 10.0 Å². The van der Waals surface area contributed by atoms with Crippen molar-refractivity contribution in [3.63, 3.8) is 0 Å². The Hall–Kier alpha value is -1.52. The van der Waals surface area contributed by atoms with Crippen LogP contribution in [-0.2, 0) is 24.5 Å². The first-order valence-electron chi connectivity index (χ1n) is 7.07. The van der Waals surface area contributed by atoms with Crippen molar-refractivity contribution < 1.29 is 21.6 Å². The van der Waals surface area contributed by atoms with Gasteiger partial charge in [0.1, 0.15) is 5.25 Å². The lowest BCUT2D eigenvalue weighted by Crippen LogP contribution is -2.36. The van der Waals surface area contributed by atoms with Gasteiger partial charge in [-0.15, -0.1) is 0 Å². The van der Waals surface area contributed by atoms with Crippen molar-refractivity contribution >= 4 is 52.3 Å². The van der Waals surface area contributed by atoms with Gasteiger partial charge in [0.05, 0.1) is 20.4 Å². The molecule has 10 heteroatoms. The van der Waals surface area contributed by atoms with Crippen LogP contribution in [0, 0.1) is 0 Å². The van der Waals surface area contributed by atoms with Crippen LogP contribution in [0.4, 0.5) is 5.13 Å². The third kappa shape index (κ3) is 3.76. The molecule has 0 aliphatic rings. The number of sulfone groups is 2. The average molecular weight is 391 g/mol. The summed E-state index contributed by atoms with van der Waals surface area (Å²) >= 11 is 1.09. The van der Waals surface area contributed by atoms with Gasteiger partial charge in [-0.1, -0.05) is 11.3 Å². The predicted octanol–water partition coefficient (Wildman–Crippen LogP) is 1.85. The molecule has 1 aromatic carbocycles. The zero-order valence-corrected chi connectivity index (χ0v) is 16.0. The highest BCUT2D eigenvalue weighted by Crippen LogP contribution is 2.28. The third-order valence-electron chi connectivity index (χ3n) is 3.54. The van der Waals surface area contributed by atoms with E-state index in [2.05, 4.69) is 10.3 Å². The molecule has 2 aromatic rings. The number of nitrogens with one attached hydrogen (secondary N) is 1. The predicted molar refractivity (Wildman–Crippen MR) is 94.9 cm³/mol. The molecule has 0 saturated heterocycles. The van der Waals surface area contributed by atoms with Crippen molar-refractivity contribution in [3.8, 4) is 0 Å². The number of hydrogen-bond donors (Lipinski definition) is 1. The monoisotopic (exact) mass is 390 g/mol. The van der Waals surface area contributed by atoms with Crippen LogP contribution in [0.5, 0.6) is 0 Å². The minimum absolute atomic E-state index is 0.160. The Morgan fingerprint density at radius 1 is 1.17 bits per heavy atom. The molecule has 0 fully saturated rings. The second kappa shape index (κ2) is 6.41. The van der Waals surface area contributed by atoms with Crippen molar-refractivity contribution in [3.05, 3.63) is 18.2 Å². The Labute approximate surface area is 144 Å². The minimum Gasteiger partial charge on any atom is -0.301 e. The van der Waals surface area contributed by atoms with Crippen LogP contribution in [0.3, 0.4) is 0 Å². The number of thiazole rings is 1. The van der Waals surface area contributed by atoms with Crippen LogP contribution in [-0.4, -0.2) is 44.5 Å². The van der Waals surface area contributed by atoms with E-state index in [0.29, 0.717) is 10.2 Å². The summed E-state index contributed by atoms with van der Waals surface area (Å²) in [7, 11) is -6.91. The highest BCUT2D eigenvalue weighted by Gasteiger charge is 2.31. The van der Waals surface area contributed by atoms with Gasteiger partial charge >= 0.3 is 0 Å². The van der Waals surface area contributed by atoms with Gasteiger partial charge in [-0.3, -0.25) is 4.79 Å². The summed E-state index contributed by atoms with van der Waals surface area (Å²) in [6.45, 7) is 4.37. The number of aromatic nitrogens is 1. The largest absolute Gasteiger partial charge is 0.301 e. The molecule has 0 saturated carbocycles. The summed E-state index contributed by atoms with van der Waals surface area (Å²) in [6, 6.07) is 4.47. The maximum Gasteiger partial charge on any atom is 0.244 e. The van der Waals surface area contributed by atoms with E-state index in [9.17, 15) is 21.6 Å². The molecule has 132 valence electrons. The van der Waals surface area contributed by atoms with Crippen molar-refractivity contribution in [2.75, 3.05) is 11.6 Å². The van der Waals surface area contributed by atoms with Gasteiger partial charge in [-0.25, -0.2) is 21.8 Å². The highest BCUT2D eigenvalue weighted by molar-refractivity contribution is 7.93. The van der Waals surface area contributed by atoms with Crippen molar-refractivity contribution in [2.45, 2.75) is 36.2 Å². The van der Waals surface area contributed by atoms with Crippen LogP contribution in [0.1, 0.15) is 20.8 Å². The first-order chi connectivity index (χ1) is 10.9. The first kappa shape index (κ1) is 18.8. The standard InChI is InChI=1S/C14H18N2O5S3/c1-8(2)24(20,21)9(3)13(17)16-14-15-11-6-5-10(23(4,18)19)7-12(11)22-14/h5-9H,1-4H3,(H,15,16,17). The Balaban J connectivity index is 2.29. The summed E-state index contributed by atoms with van der Waals surface area (Å²) in [6.07, 6.45) is 1.11. The average Bonchev–Trinajstić information content (AvgIpc) is 2.86. The molecule has 0 radical (unpaired) electrons. The van der Waals surface area contributed by atoms with Crippen LogP contribution < -0.4 is 5.32 Å². The highest BCUT2D eigenvalue weighted by atomic mass is 32.2. The van der Waals surface area contributed by atoms with E-state index < -0.39 is 36.1 Å². The number of benzene rings is 1. The molecular formula is C14H18N2O5S3. The summed E-state index contributed by atoms with van der Waals surface area (Å²) in [5.74, 6) is -0.661. The molecule has 1 heterocycles. The molecule has 1 aromatic heterocycles. The molecular weight excluding hydrogens is 372 g/mol. The van der Waals surface area contributed by atoms with Gasteiger partial charge in [-0.05, 0) is 39.0 Å². The normalized spacial score (nSPS) is 14.0. The van der Waals surface area contributed by atoms with Crippen molar-refractivity contribution in [1.82, 2.24) is 4.98 Å². The van der Waals surface area contributed by atoms with Crippen LogP contribution in [0.25, 0.3) is 10.2 Å². The van der Waals surface area contributed by atoms with Gasteiger partial charge in [0.15, 0.2) is 24.8 Å². The first-order valence-corrected chi connectivity index (χ1v) is 11.4. The summed E-state index contributed by atoms with van der Waals surface area (Å²) < 4.78 is 47.8. The third-order valence-corrected chi connectivity index (χ3v) is 8.09. The Morgan fingerprint density at radius 2 is 1.79 bits per heavy atom. The Bertz CT molecular complexity index is 991. The number of fused-ring (bicyclic) bond motifs is 1. The molecule has 1 N–H and O–H groups in total. The van der Waals surface area contributed by atoms with Crippen LogP contribution in [0.2, 0.25) is 0 Å². The summed E-state index contributed by atoms with van der Waals surface area (Å²) in [5, 5.41) is 0.859. The van der Waals surface area contributed by atoms with E-state index in [1.165, 1.54) is 32.9 Å². The lowest BCUT2D eigenvalue weighted by atomic mass is 10.3. The Morgan fingerprint density at radius 3 is 2.33 bits per heavy atom. The molecule has 0 aliphatic carbocycles. The van der Waals surface area contributed by atoms with Crippen LogP contribution in [0.15, 0.2) is 23.1 Å². The molecule has 1 atom stereocenters. The maximum absolute atomic E-state index is 12.1. The van der Waals surface area contributed by atoms with Gasteiger partial charge < -0.3 is 5.32 Å². The number of carbonyl (C=O) groups is 1. The summed E-state index contributed by atoms with van der Waals surface area (Å²) in [4.78, 5) is 16.5.